The molecule has 1 saturated heterocycles. The molecule has 1 fully saturated rings. The van der Waals surface area contributed by atoms with Gasteiger partial charge in [-0.3, -0.25) is 9.59 Å². The first-order valence-electron chi connectivity index (χ1n) is 8.70. The Morgan fingerprint density at radius 2 is 1.48 bits per heavy atom. The van der Waals surface area contributed by atoms with Crippen molar-refractivity contribution < 1.29 is 19.1 Å². The predicted octanol–water partition coefficient (Wildman–Crippen LogP) is 4.21. The molecule has 142 valence electrons. The smallest absolute Gasteiger partial charge is 0.320 e. The summed E-state index contributed by atoms with van der Waals surface area (Å²) in [5.74, 6) is -0.395. The zero-order valence-corrected chi connectivity index (χ0v) is 16.9. The summed E-state index contributed by atoms with van der Waals surface area (Å²) in [5, 5.41) is 0. The molecule has 1 atom stereocenters. The molecule has 0 unspecified atom stereocenters. The van der Waals surface area contributed by atoms with Gasteiger partial charge in [0.05, 0.1) is 18.8 Å². The van der Waals surface area contributed by atoms with E-state index in [1.54, 1.807) is 23.5 Å². The van der Waals surface area contributed by atoms with Crippen LogP contribution in [-0.4, -0.2) is 42.2 Å². The third-order valence-corrected chi connectivity index (χ3v) is 7.79. The molecule has 2 aromatic carbocycles. The van der Waals surface area contributed by atoms with Gasteiger partial charge >= 0.3 is 11.9 Å². The lowest BCUT2D eigenvalue weighted by Gasteiger charge is -2.28. The molecular formula is C21H22O4S2. The lowest BCUT2D eigenvalue weighted by Crippen LogP contribution is -2.35. The minimum Gasteiger partial charge on any atom is -0.468 e. The van der Waals surface area contributed by atoms with Crippen LogP contribution in [0.4, 0.5) is 0 Å². The molecule has 1 heterocycles. The van der Waals surface area contributed by atoms with E-state index in [1.165, 1.54) is 14.2 Å². The summed E-state index contributed by atoms with van der Waals surface area (Å²) in [6.45, 7) is 0. The van der Waals surface area contributed by atoms with Crippen LogP contribution >= 0.6 is 23.5 Å². The molecule has 2 aromatic rings. The number of esters is 2. The molecule has 0 bridgehead atoms. The number of hydrogen-bond acceptors (Lipinski definition) is 6. The third kappa shape index (κ3) is 4.50. The van der Waals surface area contributed by atoms with Crippen LogP contribution in [0.2, 0.25) is 0 Å². The normalized spacial score (nSPS) is 15.5. The first-order valence-corrected chi connectivity index (χ1v) is 10.8. The van der Waals surface area contributed by atoms with Crippen LogP contribution < -0.4 is 0 Å². The quantitative estimate of drug-likeness (QED) is 0.533. The molecule has 0 saturated carbocycles. The highest BCUT2D eigenvalue weighted by molar-refractivity contribution is 8.20. The van der Waals surface area contributed by atoms with Gasteiger partial charge in [0.25, 0.3) is 0 Å². The zero-order valence-electron chi connectivity index (χ0n) is 15.3. The van der Waals surface area contributed by atoms with Crippen molar-refractivity contribution in [1.82, 2.24) is 0 Å². The molecule has 0 N–H and O–H groups in total. The Hall–Kier alpha value is -1.92. The van der Waals surface area contributed by atoms with Crippen molar-refractivity contribution in [3.05, 3.63) is 60.2 Å². The van der Waals surface area contributed by atoms with E-state index in [1.807, 2.05) is 48.5 Å². The minimum absolute atomic E-state index is 0.0965. The van der Waals surface area contributed by atoms with Gasteiger partial charge in [0, 0.05) is 17.4 Å². The van der Waals surface area contributed by atoms with Gasteiger partial charge in [-0.1, -0.05) is 54.6 Å². The number of carbonyl (C=O) groups excluding carboxylic acids is 2. The van der Waals surface area contributed by atoms with E-state index in [-0.39, 0.29) is 10.5 Å². The lowest BCUT2D eigenvalue weighted by atomic mass is 9.85. The fraction of sp³-hybridized carbons (Fsp3) is 0.333. The summed E-state index contributed by atoms with van der Waals surface area (Å²) in [4.78, 5) is 25.0. The fourth-order valence-corrected chi connectivity index (χ4v) is 6.53. The summed E-state index contributed by atoms with van der Waals surface area (Å²) >= 11 is 3.56. The van der Waals surface area contributed by atoms with Gasteiger partial charge in [0.15, 0.2) is 5.92 Å². The summed E-state index contributed by atoms with van der Waals surface area (Å²) in [7, 11) is 2.62. The summed E-state index contributed by atoms with van der Waals surface area (Å²) < 4.78 is 10.0. The van der Waals surface area contributed by atoms with Crippen LogP contribution in [0, 0.1) is 5.92 Å². The number of methoxy groups -OCH3 is 2. The highest BCUT2D eigenvalue weighted by Crippen LogP contribution is 2.46. The maximum absolute atomic E-state index is 12.5. The molecule has 0 radical (unpaired) electrons. The first kappa shape index (κ1) is 19.8. The Labute approximate surface area is 168 Å². The number of thioether (sulfide) groups is 2. The standard InChI is InChI=1S/C21H22O4S2/c1-24-19(22)18(20(23)25-2)17(21-26-11-12-27-21)16-10-6-9-15(13-16)14-7-4-3-5-8-14/h3-10,13,17-18,21H,11-12H2,1-2H3/t17-/m1/s1. The van der Waals surface area contributed by atoms with Gasteiger partial charge in [-0.2, -0.15) is 0 Å². The van der Waals surface area contributed by atoms with Gasteiger partial charge < -0.3 is 9.47 Å². The van der Waals surface area contributed by atoms with Crippen LogP contribution in [0.5, 0.6) is 0 Å². The minimum atomic E-state index is -0.978. The van der Waals surface area contributed by atoms with E-state index in [4.69, 9.17) is 9.47 Å². The van der Waals surface area contributed by atoms with Crippen molar-refractivity contribution in [2.24, 2.45) is 5.92 Å². The molecule has 3 rings (SSSR count). The van der Waals surface area contributed by atoms with Crippen molar-refractivity contribution >= 4 is 35.5 Å². The van der Waals surface area contributed by atoms with Crippen molar-refractivity contribution in [1.29, 1.82) is 0 Å². The number of benzene rings is 2. The van der Waals surface area contributed by atoms with E-state index in [9.17, 15) is 9.59 Å². The Balaban J connectivity index is 2.05. The molecule has 4 nitrogen and oxygen atoms in total. The highest BCUT2D eigenvalue weighted by atomic mass is 32.2. The van der Waals surface area contributed by atoms with E-state index < -0.39 is 17.9 Å². The molecule has 0 spiro atoms. The lowest BCUT2D eigenvalue weighted by molar-refractivity contribution is -0.159. The van der Waals surface area contributed by atoms with Crippen molar-refractivity contribution in [3.8, 4) is 11.1 Å². The summed E-state index contributed by atoms with van der Waals surface area (Å²) in [6.07, 6.45) is 0. The molecular weight excluding hydrogens is 380 g/mol. The molecule has 27 heavy (non-hydrogen) atoms. The summed E-state index contributed by atoms with van der Waals surface area (Å²) in [6, 6.07) is 18.1. The van der Waals surface area contributed by atoms with Crippen LogP contribution in [0.25, 0.3) is 11.1 Å². The van der Waals surface area contributed by atoms with E-state index in [0.29, 0.717) is 0 Å². The SMILES string of the molecule is COC(=O)C(C(=O)OC)[C@@H](c1cccc(-c2ccccc2)c1)C1SCCS1. The largest absolute Gasteiger partial charge is 0.468 e. The maximum atomic E-state index is 12.5. The van der Waals surface area contributed by atoms with Gasteiger partial charge in [0.2, 0.25) is 0 Å². The average Bonchev–Trinajstić information content (AvgIpc) is 3.26. The van der Waals surface area contributed by atoms with Crippen LogP contribution in [-0.2, 0) is 19.1 Å². The van der Waals surface area contributed by atoms with Crippen LogP contribution in [0.15, 0.2) is 54.6 Å². The third-order valence-electron chi connectivity index (χ3n) is 4.59. The Kier molecular flexibility index (Phi) is 6.85. The first-order chi connectivity index (χ1) is 13.2. The molecule has 1 aliphatic heterocycles. The molecule has 1 aliphatic rings. The highest BCUT2D eigenvalue weighted by Gasteiger charge is 2.43. The molecule has 6 heteroatoms. The van der Waals surface area contributed by atoms with Crippen molar-refractivity contribution in [2.75, 3.05) is 25.7 Å². The fourth-order valence-electron chi connectivity index (χ4n) is 3.29. The van der Waals surface area contributed by atoms with E-state index in [0.717, 1.165) is 28.2 Å². The van der Waals surface area contributed by atoms with Gasteiger partial charge in [0.1, 0.15) is 0 Å². The van der Waals surface area contributed by atoms with Crippen LogP contribution in [0.3, 0.4) is 0 Å². The number of carbonyl (C=O) groups is 2. The zero-order chi connectivity index (χ0) is 19.2. The monoisotopic (exact) mass is 402 g/mol. The molecule has 0 aliphatic carbocycles. The Bertz CT molecular complexity index is 772. The number of rotatable bonds is 6. The second-order valence-corrected chi connectivity index (χ2v) is 8.95. The van der Waals surface area contributed by atoms with Crippen LogP contribution in [0.1, 0.15) is 11.5 Å². The Morgan fingerprint density at radius 1 is 0.889 bits per heavy atom. The molecule has 0 amide bonds. The maximum Gasteiger partial charge on any atom is 0.320 e. The van der Waals surface area contributed by atoms with Crippen molar-refractivity contribution in [3.63, 3.8) is 0 Å². The van der Waals surface area contributed by atoms with Gasteiger partial charge in [-0.25, -0.2) is 0 Å². The number of ether oxygens (including phenoxy) is 2. The predicted molar refractivity (Wildman–Crippen MR) is 111 cm³/mol. The second kappa shape index (κ2) is 9.33. The van der Waals surface area contributed by atoms with Gasteiger partial charge in [-0.15, -0.1) is 23.5 Å². The second-order valence-electron chi connectivity index (χ2n) is 6.15. The summed E-state index contributed by atoms with van der Waals surface area (Å²) in [5.41, 5.74) is 3.10. The van der Waals surface area contributed by atoms with Gasteiger partial charge in [-0.05, 0) is 16.7 Å². The van der Waals surface area contributed by atoms with E-state index in [2.05, 4.69) is 6.07 Å². The topological polar surface area (TPSA) is 52.6 Å². The average molecular weight is 403 g/mol. The van der Waals surface area contributed by atoms with E-state index >= 15 is 0 Å². The van der Waals surface area contributed by atoms with Crippen molar-refractivity contribution in [2.45, 2.75) is 10.5 Å². The number of hydrogen-bond donors (Lipinski definition) is 0. The molecule has 0 aromatic heterocycles. The Morgan fingerprint density at radius 3 is 2.07 bits per heavy atom.